The lowest BCUT2D eigenvalue weighted by Crippen LogP contribution is -2.21. The van der Waals surface area contributed by atoms with E-state index in [0.29, 0.717) is 17.2 Å². The molecule has 3 aromatic rings. The number of aromatic nitrogens is 2. The van der Waals surface area contributed by atoms with Crippen LogP contribution in [0.2, 0.25) is 0 Å². The van der Waals surface area contributed by atoms with Crippen molar-refractivity contribution in [3.8, 4) is 0 Å². The highest BCUT2D eigenvalue weighted by Gasteiger charge is 2.36. The van der Waals surface area contributed by atoms with E-state index in [9.17, 15) is 18.0 Å². The van der Waals surface area contributed by atoms with Crippen LogP contribution >= 0.6 is 0 Å². The fourth-order valence-corrected chi connectivity index (χ4v) is 2.58. The number of benzene rings is 1. The zero-order valence-electron chi connectivity index (χ0n) is 11.9. The fourth-order valence-electron chi connectivity index (χ4n) is 2.58. The second-order valence-corrected chi connectivity index (χ2v) is 5.09. The van der Waals surface area contributed by atoms with Crippen LogP contribution in [0.25, 0.3) is 10.9 Å². The topological polar surface area (TPSA) is 40.1 Å². The molecule has 116 valence electrons. The molecule has 2 heterocycles. The molecule has 0 aliphatic heterocycles. The molecule has 0 atom stereocenters. The van der Waals surface area contributed by atoms with Gasteiger partial charge in [-0.05, 0) is 19.1 Å². The molecule has 0 spiro atoms. The van der Waals surface area contributed by atoms with Crippen LogP contribution in [-0.2, 0) is 19.8 Å². The maximum atomic E-state index is 13.0. The first-order chi connectivity index (χ1) is 10.3. The Kier molecular flexibility index (Phi) is 3.16. The monoisotopic (exact) mass is 310 g/mol. The van der Waals surface area contributed by atoms with Gasteiger partial charge in [0.15, 0.2) is 0 Å². The molecule has 0 N–H and O–H groups in total. The highest BCUT2D eigenvalue weighted by Crippen LogP contribution is 2.35. The predicted molar refractivity (Wildman–Crippen MR) is 74.7 cm³/mol. The van der Waals surface area contributed by atoms with E-state index in [4.69, 9.17) is 4.42 Å². The second kappa shape index (κ2) is 4.79. The maximum Gasteiger partial charge on any atom is 0.419 e. The molecular weight excluding hydrogens is 297 g/mol. The number of alkyl halides is 3. The summed E-state index contributed by atoms with van der Waals surface area (Å²) in [5.41, 5.74) is -0.437. The molecule has 0 fully saturated rings. The van der Waals surface area contributed by atoms with Crippen LogP contribution in [0.1, 0.15) is 16.9 Å². The Labute approximate surface area is 123 Å². The summed E-state index contributed by atoms with van der Waals surface area (Å²) >= 11 is 0. The van der Waals surface area contributed by atoms with Gasteiger partial charge in [0.2, 0.25) is 0 Å². The molecule has 2 aromatic heterocycles. The first-order valence-corrected chi connectivity index (χ1v) is 6.59. The lowest BCUT2D eigenvalue weighted by atomic mass is 10.1. The molecule has 0 aliphatic carbocycles. The van der Waals surface area contributed by atoms with Gasteiger partial charge in [0, 0.05) is 12.6 Å². The molecule has 0 radical (unpaired) electrons. The average Bonchev–Trinajstić information content (AvgIpc) is 2.94. The predicted octanol–water partition coefficient (Wildman–Crippen LogP) is 3.31. The highest BCUT2D eigenvalue weighted by atomic mass is 19.4. The van der Waals surface area contributed by atoms with Crippen LogP contribution in [0, 0.1) is 6.92 Å². The largest absolute Gasteiger partial charge is 0.469 e. The summed E-state index contributed by atoms with van der Waals surface area (Å²) < 4.78 is 46.9. The second-order valence-electron chi connectivity index (χ2n) is 5.09. The van der Waals surface area contributed by atoms with E-state index >= 15 is 0 Å². The van der Waals surface area contributed by atoms with Crippen LogP contribution in [0.4, 0.5) is 13.2 Å². The van der Waals surface area contributed by atoms with Crippen molar-refractivity contribution in [2.24, 2.45) is 7.05 Å². The van der Waals surface area contributed by atoms with Crippen LogP contribution < -0.4 is 5.56 Å². The molecule has 0 saturated carbocycles. The van der Waals surface area contributed by atoms with Gasteiger partial charge in [-0.3, -0.25) is 14.2 Å². The molecule has 0 unspecified atom stereocenters. The van der Waals surface area contributed by atoms with E-state index in [1.807, 2.05) is 0 Å². The van der Waals surface area contributed by atoms with Gasteiger partial charge in [-0.1, -0.05) is 12.1 Å². The average molecular weight is 310 g/mol. The van der Waals surface area contributed by atoms with Crippen LogP contribution in [0.15, 0.2) is 39.7 Å². The van der Waals surface area contributed by atoms with Crippen molar-refractivity contribution >= 4 is 10.9 Å². The first-order valence-electron chi connectivity index (χ1n) is 6.59. The van der Waals surface area contributed by atoms with Crippen molar-refractivity contribution in [3.05, 3.63) is 57.8 Å². The number of aryl methyl sites for hydroxylation is 1. The number of furan rings is 1. The molecule has 3 rings (SSSR count). The third kappa shape index (κ3) is 2.13. The number of nitrogens with zero attached hydrogens (tertiary/aromatic N) is 2. The van der Waals surface area contributed by atoms with Crippen LogP contribution in [0.3, 0.4) is 0 Å². The number of fused-ring (bicyclic) bond motifs is 1. The lowest BCUT2D eigenvalue weighted by molar-refractivity contribution is -0.138. The summed E-state index contributed by atoms with van der Waals surface area (Å²) in [6.07, 6.45) is -3.77. The molecule has 4 nitrogen and oxygen atoms in total. The summed E-state index contributed by atoms with van der Waals surface area (Å²) in [6, 6.07) is 6.82. The Morgan fingerprint density at radius 2 is 1.91 bits per heavy atom. The quantitative estimate of drug-likeness (QED) is 0.728. The first kappa shape index (κ1) is 14.5. The molecular formula is C15H13F3N2O2. The van der Waals surface area contributed by atoms with Gasteiger partial charge < -0.3 is 4.42 Å². The van der Waals surface area contributed by atoms with Crippen molar-refractivity contribution in [2.75, 3.05) is 0 Å². The summed E-state index contributed by atoms with van der Waals surface area (Å²) in [5, 5.41) is 0.472. The Morgan fingerprint density at radius 1 is 1.23 bits per heavy atom. The molecule has 0 aliphatic rings. The summed E-state index contributed by atoms with van der Waals surface area (Å²) in [4.78, 5) is 12.1. The van der Waals surface area contributed by atoms with Crippen LogP contribution in [0.5, 0.6) is 0 Å². The Balaban J connectivity index is 2.19. The molecule has 0 bridgehead atoms. The van der Waals surface area contributed by atoms with E-state index in [2.05, 4.69) is 0 Å². The summed E-state index contributed by atoms with van der Waals surface area (Å²) in [7, 11) is 1.53. The smallest absolute Gasteiger partial charge is 0.419 e. The molecule has 0 saturated heterocycles. The minimum absolute atomic E-state index is 0.0313. The third-order valence-corrected chi connectivity index (χ3v) is 3.79. The SMILES string of the molecule is Cc1occ(C(F)(F)F)c1Cn1c2ccccc2c(=O)n1C. The molecule has 1 aromatic carbocycles. The zero-order valence-corrected chi connectivity index (χ0v) is 11.9. The molecule has 0 amide bonds. The van der Waals surface area contributed by atoms with E-state index in [-0.39, 0.29) is 23.4 Å². The minimum atomic E-state index is -4.49. The number of hydrogen-bond donors (Lipinski definition) is 0. The number of hydrogen-bond acceptors (Lipinski definition) is 2. The lowest BCUT2D eigenvalue weighted by Gasteiger charge is -2.12. The Morgan fingerprint density at radius 3 is 2.59 bits per heavy atom. The van der Waals surface area contributed by atoms with Crippen molar-refractivity contribution in [1.29, 1.82) is 0 Å². The van der Waals surface area contributed by atoms with Gasteiger partial charge in [0.1, 0.15) is 12.0 Å². The van der Waals surface area contributed by atoms with Gasteiger partial charge in [0.25, 0.3) is 5.56 Å². The Bertz CT molecular complexity index is 900. The number of halogens is 3. The van der Waals surface area contributed by atoms with Crippen molar-refractivity contribution in [2.45, 2.75) is 19.6 Å². The van der Waals surface area contributed by atoms with E-state index in [0.717, 1.165) is 0 Å². The number of para-hydroxylation sites is 1. The van der Waals surface area contributed by atoms with E-state index in [1.165, 1.54) is 23.3 Å². The molecule has 7 heteroatoms. The molecule has 22 heavy (non-hydrogen) atoms. The van der Waals surface area contributed by atoms with Gasteiger partial charge >= 0.3 is 6.18 Å². The third-order valence-electron chi connectivity index (χ3n) is 3.79. The summed E-state index contributed by atoms with van der Waals surface area (Å²) in [5.74, 6) is 0.192. The standard InChI is InChI=1S/C15H13F3N2O2/c1-9-11(12(8-22-9)15(16,17)18)7-20-13-6-4-3-5-10(13)14(21)19(20)2/h3-6,8H,7H2,1-2H3. The summed E-state index contributed by atoms with van der Waals surface area (Å²) in [6.45, 7) is 1.39. The van der Waals surface area contributed by atoms with Crippen molar-refractivity contribution in [1.82, 2.24) is 9.36 Å². The van der Waals surface area contributed by atoms with Crippen molar-refractivity contribution < 1.29 is 17.6 Å². The fraction of sp³-hybridized carbons (Fsp3) is 0.267. The zero-order chi connectivity index (χ0) is 16.1. The van der Waals surface area contributed by atoms with E-state index in [1.54, 1.807) is 24.3 Å². The van der Waals surface area contributed by atoms with Crippen molar-refractivity contribution in [3.63, 3.8) is 0 Å². The van der Waals surface area contributed by atoms with Gasteiger partial charge in [-0.2, -0.15) is 13.2 Å². The van der Waals surface area contributed by atoms with E-state index < -0.39 is 11.7 Å². The highest BCUT2D eigenvalue weighted by molar-refractivity contribution is 5.78. The van der Waals surface area contributed by atoms with Gasteiger partial charge in [-0.15, -0.1) is 0 Å². The Hall–Kier alpha value is -2.44. The number of rotatable bonds is 2. The van der Waals surface area contributed by atoms with Gasteiger partial charge in [-0.25, -0.2) is 0 Å². The van der Waals surface area contributed by atoms with Gasteiger partial charge in [0.05, 0.1) is 23.0 Å². The maximum absolute atomic E-state index is 13.0. The van der Waals surface area contributed by atoms with Crippen LogP contribution in [-0.4, -0.2) is 9.36 Å². The normalized spacial score (nSPS) is 12.2. The minimum Gasteiger partial charge on any atom is -0.469 e.